The number of unbranched alkanes of at least 4 members (excludes halogenated alkanes) is 14. The molecular weight excluding hydrogens is 368 g/mol. The van der Waals surface area contributed by atoms with Crippen LogP contribution >= 0.6 is 0 Å². The standard InChI is InChI=1S/C28H56O2/c1-5-8-11-13-15-16-17-20-22-26(4)28(29)30-25-27(23-19-10-7-3)24-21-18-14-12-9-6-2/h26-27H,5-25H2,1-4H3. The Hall–Kier alpha value is -0.530. The zero-order valence-corrected chi connectivity index (χ0v) is 21.3. The first-order chi connectivity index (χ1) is 14.7. The van der Waals surface area contributed by atoms with Crippen LogP contribution in [0.4, 0.5) is 0 Å². The third kappa shape index (κ3) is 19.4. The van der Waals surface area contributed by atoms with E-state index in [1.54, 1.807) is 0 Å². The van der Waals surface area contributed by atoms with Gasteiger partial charge in [0.25, 0.3) is 0 Å². The molecule has 2 unspecified atom stereocenters. The average molecular weight is 425 g/mol. The largest absolute Gasteiger partial charge is 0.465 e. The van der Waals surface area contributed by atoms with Gasteiger partial charge in [-0.3, -0.25) is 4.79 Å². The van der Waals surface area contributed by atoms with Crippen molar-refractivity contribution in [3.63, 3.8) is 0 Å². The van der Waals surface area contributed by atoms with Crippen LogP contribution in [0.25, 0.3) is 0 Å². The SMILES string of the molecule is CCCCCCCCCCC(C)C(=O)OCC(CCCCC)CCCCCCCC. The Balaban J connectivity index is 3.95. The zero-order chi connectivity index (χ0) is 22.3. The minimum atomic E-state index is 0.0429. The second kappa shape index (κ2) is 23.1. The Morgan fingerprint density at radius 3 is 1.43 bits per heavy atom. The first kappa shape index (κ1) is 29.5. The highest BCUT2D eigenvalue weighted by Gasteiger charge is 2.17. The number of hydrogen-bond acceptors (Lipinski definition) is 2. The Kier molecular flexibility index (Phi) is 22.7. The second-order valence-electron chi connectivity index (χ2n) is 9.71. The molecular formula is C28H56O2. The van der Waals surface area contributed by atoms with Crippen LogP contribution in [-0.2, 0) is 9.53 Å². The van der Waals surface area contributed by atoms with Gasteiger partial charge in [0, 0.05) is 0 Å². The highest BCUT2D eigenvalue weighted by molar-refractivity contribution is 5.71. The van der Waals surface area contributed by atoms with Gasteiger partial charge in [-0.05, 0) is 25.2 Å². The molecule has 2 atom stereocenters. The summed E-state index contributed by atoms with van der Waals surface area (Å²) in [7, 11) is 0. The average Bonchev–Trinajstić information content (AvgIpc) is 2.75. The smallest absolute Gasteiger partial charge is 0.308 e. The van der Waals surface area contributed by atoms with Gasteiger partial charge < -0.3 is 4.74 Å². The molecule has 0 heterocycles. The van der Waals surface area contributed by atoms with Gasteiger partial charge in [0.15, 0.2) is 0 Å². The molecule has 2 heteroatoms. The first-order valence-corrected chi connectivity index (χ1v) is 13.8. The van der Waals surface area contributed by atoms with Gasteiger partial charge in [-0.15, -0.1) is 0 Å². The van der Waals surface area contributed by atoms with E-state index < -0.39 is 0 Å². The molecule has 2 nitrogen and oxygen atoms in total. The number of esters is 1. The maximum absolute atomic E-state index is 12.4. The number of hydrogen-bond donors (Lipinski definition) is 0. The van der Waals surface area contributed by atoms with E-state index in [9.17, 15) is 4.79 Å². The Bertz CT molecular complexity index is 353. The minimum Gasteiger partial charge on any atom is -0.465 e. The maximum Gasteiger partial charge on any atom is 0.308 e. The summed E-state index contributed by atoms with van der Waals surface area (Å²) in [5.74, 6) is 0.679. The highest BCUT2D eigenvalue weighted by Crippen LogP contribution is 2.20. The molecule has 30 heavy (non-hydrogen) atoms. The second-order valence-corrected chi connectivity index (χ2v) is 9.71. The van der Waals surface area contributed by atoms with Gasteiger partial charge in [0.2, 0.25) is 0 Å². The Labute approximate surface area is 190 Å². The number of carbonyl (C=O) groups is 1. The number of carbonyl (C=O) groups excluding carboxylic acids is 1. The van der Waals surface area contributed by atoms with E-state index in [1.807, 2.05) is 0 Å². The van der Waals surface area contributed by atoms with E-state index in [2.05, 4.69) is 27.7 Å². The number of rotatable bonds is 23. The molecule has 0 aromatic carbocycles. The normalized spacial score (nSPS) is 13.3. The molecule has 0 fully saturated rings. The molecule has 0 aliphatic rings. The van der Waals surface area contributed by atoms with Gasteiger partial charge in [-0.25, -0.2) is 0 Å². The van der Waals surface area contributed by atoms with Crippen molar-refractivity contribution in [1.29, 1.82) is 0 Å². The van der Waals surface area contributed by atoms with Crippen molar-refractivity contribution in [3.05, 3.63) is 0 Å². The molecule has 0 aromatic rings. The predicted molar refractivity (Wildman–Crippen MR) is 133 cm³/mol. The predicted octanol–water partition coefficient (Wildman–Crippen LogP) is 9.64. The molecule has 0 saturated carbocycles. The number of ether oxygens (including phenoxy) is 1. The van der Waals surface area contributed by atoms with Crippen molar-refractivity contribution < 1.29 is 9.53 Å². The molecule has 0 bridgehead atoms. The highest BCUT2D eigenvalue weighted by atomic mass is 16.5. The summed E-state index contributed by atoms with van der Waals surface area (Å²) in [5, 5.41) is 0. The third-order valence-electron chi connectivity index (χ3n) is 6.54. The van der Waals surface area contributed by atoms with E-state index in [0.717, 1.165) is 6.42 Å². The van der Waals surface area contributed by atoms with E-state index in [1.165, 1.54) is 122 Å². The first-order valence-electron chi connectivity index (χ1n) is 13.8. The van der Waals surface area contributed by atoms with Gasteiger partial charge >= 0.3 is 5.97 Å². The lowest BCUT2D eigenvalue weighted by molar-refractivity contribution is -0.149. The van der Waals surface area contributed by atoms with E-state index in [-0.39, 0.29) is 11.9 Å². The van der Waals surface area contributed by atoms with Crippen molar-refractivity contribution in [1.82, 2.24) is 0 Å². The molecule has 0 radical (unpaired) electrons. The summed E-state index contributed by atoms with van der Waals surface area (Å²) >= 11 is 0. The monoisotopic (exact) mass is 424 g/mol. The molecule has 0 N–H and O–H groups in total. The maximum atomic E-state index is 12.4. The van der Waals surface area contributed by atoms with Crippen LogP contribution < -0.4 is 0 Å². The fraction of sp³-hybridized carbons (Fsp3) is 0.964. The van der Waals surface area contributed by atoms with Gasteiger partial charge in [-0.2, -0.15) is 0 Å². The molecule has 0 saturated heterocycles. The molecule has 0 amide bonds. The molecule has 0 aliphatic carbocycles. The zero-order valence-electron chi connectivity index (χ0n) is 21.3. The lowest BCUT2D eigenvalue weighted by atomic mass is 9.95. The summed E-state index contributed by atoms with van der Waals surface area (Å²) in [6, 6.07) is 0. The topological polar surface area (TPSA) is 26.3 Å². The Morgan fingerprint density at radius 2 is 0.933 bits per heavy atom. The van der Waals surface area contributed by atoms with Crippen LogP contribution in [0.5, 0.6) is 0 Å². The summed E-state index contributed by atoms with van der Waals surface area (Å²) in [5.41, 5.74) is 0. The molecule has 0 rings (SSSR count). The lowest BCUT2D eigenvalue weighted by Gasteiger charge is -2.19. The summed E-state index contributed by atoms with van der Waals surface area (Å²) in [6.07, 6.45) is 25.9. The van der Waals surface area contributed by atoms with Crippen molar-refractivity contribution in [2.75, 3.05) is 6.61 Å². The van der Waals surface area contributed by atoms with Gasteiger partial charge in [0.05, 0.1) is 12.5 Å². The molecule has 180 valence electrons. The summed E-state index contributed by atoms with van der Waals surface area (Å²) in [4.78, 5) is 12.4. The molecule has 0 spiro atoms. The summed E-state index contributed by atoms with van der Waals surface area (Å²) < 4.78 is 5.78. The lowest BCUT2D eigenvalue weighted by Crippen LogP contribution is -2.19. The summed E-state index contributed by atoms with van der Waals surface area (Å²) in [6.45, 7) is 9.51. The van der Waals surface area contributed by atoms with Crippen LogP contribution in [0, 0.1) is 11.8 Å². The van der Waals surface area contributed by atoms with Crippen LogP contribution in [-0.4, -0.2) is 12.6 Å². The van der Waals surface area contributed by atoms with Gasteiger partial charge in [-0.1, -0.05) is 137 Å². The van der Waals surface area contributed by atoms with E-state index in [0.29, 0.717) is 12.5 Å². The fourth-order valence-corrected chi connectivity index (χ4v) is 4.25. The van der Waals surface area contributed by atoms with Gasteiger partial charge in [0.1, 0.15) is 0 Å². The quantitative estimate of drug-likeness (QED) is 0.120. The van der Waals surface area contributed by atoms with Crippen molar-refractivity contribution >= 4 is 5.97 Å². The van der Waals surface area contributed by atoms with E-state index >= 15 is 0 Å². The molecule has 0 aliphatic heterocycles. The minimum absolute atomic E-state index is 0.0429. The van der Waals surface area contributed by atoms with Crippen LogP contribution in [0.1, 0.15) is 156 Å². The fourth-order valence-electron chi connectivity index (χ4n) is 4.25. The molecule has 0 aromatic heterocycles. The Morgan fingerprint density at radius 1 is 0.567 bits per heavy atom. The van der Waals surface area contributed by atoms with E-state index in [4.69, 9.17) is 4.74 Å². The van der Waals surface area contributed by atoms with Crippen molar-refractivity contribution in [3.8, 4) is 0 Å². The van der Waals surface area contributed by atoms with Crippen molar-refractivity contribution in [2.24, 2.45) is 11.8 Å². The van der Waals surface area contributed by atoms with Crippen molar-refractivity contribution in [2.45, 2.75) is 156 Å². The van der Waals surface area contributed by atoms with Crippen LogP contribution in [0.3, 0.4) is 0 Å². The van der Waals surface area contributed by atoms with Crippen LogP contribution in [0.15, 0.2) is 0 Å². The third-order valence-corrected chi connectivity index (χ3v) is 6.54. The van der Waals surface area contributed by atoms with Crippen LogP contribution in [0.2, 0.25) is 0 Å².